The van der Waals surface area contributed by atoms with Crippen molar-refractivity contribution in [2.24, 2.45) is 34.5 Å². The molecule has 2 N–H and O–H groups in total. The summed E-state index contributed by atoms with van der Waals surface area (Å²) >= 11 is 0. The Bertz CT molecular complexity index is 470. The van der Waals surface area contributed by atoms with E-state index in [1.165, 1.54) is 32.1 Å². The maximum atomic E-state index is 10.5. The van der Waals surface area contributed by atoms with Crippen LogP contribution >= 0.6 is 0 Å². The zero-order valence-electron chi connectivity index (χ0n) is 13.5. The fraction of sp³-hybridized carbons (Fsp3) is 0.895. The molecule has 0 spiro atoms. The van der Waals surface area contributed by atoms with Crippen LogP contribution in [0.4, 0.5) is 0 Å². The van der Waals surface area contributed by atoms with Gasteiger partial charge in [0.25, 0.3) is 0 Å². The van der Waals surface area contributed by atoms with Crippen molar-refractivity contribution in [1.29, 1.82) is 0 Å². The predicted molar refractivity (Wildman–Crippen MR) is 83.8 cm³/mol. The quantitative estimate of drug-likeness (QED) is 0.692. The summed E-state index contributed by atoms with van der Waals surface area (Å²) in [7, 11) is 0. The van der Waals surface area contributed by atoms with Crippen LogP contribution in [0.2, 0.25) is 0 Å². The van der Waals surface area contributed by atoms with E-state index in [0.29, 0.717) is 17.1 Å². The second kappa shape index (κ2) is 4.50. The summed E-state index contributed by atoms with van der Waals surface area (Å²) in [5.41, 5.74) is 0.584. The third-order valence-corrected chi connectivity index (χ3v) is 8.21. The van der Waals surface area contributed by atoms with E-state index in [9.17, 15) is 10.2 Å². The van der Waals surface area contributed by atoms with Gasteiger partial charge in [0.05, 0.1) is 11.9 Å². The summed E-state index contributed by atoms with van der Waals surface area (Å²) in [4.78, 5) is 0. The Morgan fingerprint density at radius 3 is 2.52 bits per heavy atom. The Balaban J connectivity index is 1.66. The van der Waals surface area contributed by atoms with E-state index in [1.807, 2.05) is 0 Å². The zero-order valence-corrected chi connectivity index (χ0v) is 13.5. The molecule has 3 fully saturated rings. The van der Waals surface area contributed by atoms with Crippen LogP contribution in [0.3, 0.4) is 0 Å². The molecule has 2 nitrogen and oxygen atoms in total. The minimum Gasteiger partial charge on any atom is -0.513 e. The molecule has 0 amide bonds. The van der Waals surface area contributed by atoms with Crippen molar-refractivity contribution in [3.05, 3.63) is 11.8 Å². The van der Waals surface area contributed by atoms with Crippen molar-refractivity contribution in [2.75, 3.05) is 0 Å². The van der Waals surface area contributed by atoms with Gasteiger partial charge in [-0.15, -0.1) is 0 Å². The van der Waals surface area contributed by atoms with Gasteiger partial charge in [-0.3, -0.25) is 0 Å². The van der Waals surface area contributed by atoms with Crippen LogP contribution in [0.5, 0.6) is 0 Å². The molecule has 4 aliphatic carbocycles. The first-order chi connectivity index (χ1) is 9.95. The minimum atomic E-state index is -0.0655. The fourth-order valence-corrected chi connectivity index (χ4v) is 6.82. The predicted octanol–water partition coefficient (Wildman–Crippen LogP) is 4.44. The molecule has 7 atom stereocenters. The molecule has 0 aromatic heterocycles. The molecular formula is C19H30O2. The molecule has 0 radical (unpaired) electrons. The summed E-state index contributed by atoms with van der Waals surface area (Å²) in [6, 6.07) is 0. The molecule has 0 aliphatic heterocycles. The van der Waals surface area contributed by atoms with Gasteiger partial charge < -0.3 is 10.2 Å². The zero-order chi connectivity index (χ0) is 14.8. The van der Waals surface area contributed by atoms with Crippen LogP contribution in [0.25, 0.3) is 0 Å². The molecule has 2 heteroatoms. The molecule has 3 saturated carbocycles. The monoisotopic (exact) mass is 290 g/mol. The summed E-state index contributed by atoms with van der Waals surface area (Å²) < 4.78 is 0. The third-order valence-electron chi connectivity index (χ3n) is 8.21. The Kier molecular flexibility index (Phi) is 3.03. The van der Waals surface area contributed by atoms with Gasteiger partial charge in [0.2, 0.25) is 0 Å². The van der Waals surface area contributed by atoms with Gasteiger partial charge in [0.1, 0.15) is 0 Å². The average Bonchev–Trinajstić information content (AvgIpc) is 2.76. The molecule has 0 aromatic carbocycles. The molecule has 21 heavy (non-hydrogen) atoms. The summed E-state index contributed by atoms with van der Waals surface area (Å²) in [5, 5.41) is 20.4. The number of allylic oxidation sites excluding steroid dienone is 2. The molecule has 4 aliphatic rings. The lowest BCUT2D eigenvalue weighted by molar-refractivity contribution is -0.106. The van der Waals surface area contributed by atoms with E-state index in [1.54, 1.807) is 0 Å². The highest BCUT2D eigenvalue weighted by Gasteiger charge is 2.59. The van der Waals surface area contributed by atoms with Crippen LogP contribution in [0.1, 0.15) is 65.2 Å². The van der Waals surface area contributed by atoms with Crippen molar-refractivity contribution in [2.45, 2.75) is 71.3 Å². The van der Waals surface area contributed by atoms with E-state index < -0.39 is 0 Å². The number of aliphatic hydroxyl groups is 2. The summed E-state index contributed by atoms with van der Waals surface area (Å²) in [5.74, 6) is 3.58. The molecule has 0 saturated heterocycles. The first-order valence-electron chi connectivity index (χ1n) is 9.03. The van der Waals surface area contributed by atoms with Gasteiger partial charge in [-0.05, 0) is 85.5 Å². The molecule has 118 valence electrons. The van der Waals surface area contributed by atoms with E-state index >= 15 is 0 Å². The average molecular weight is 290 g/mol. The Morgan fingerprint density at radius 2 is 1.71 bits per heavy atom. The van der Waals surface area contributed by atoms with Crippen LogP contribution < -0.4 is 0 Å². The van der Waals surface area contributed by atoms with Gasteiger partial charge in [0, 0.05) is 6.42 Å². The number of rotatable bonds is 0. The van der Waals surface area contributed by atoms with Gasteiger partial charge >= 0.3 is 0 Å². The number of aliphatic hydroxyl groups excluding tert-OH is 2. The molecule has 2 unspecified atom stereocenters. The summed E-state index contributed by atoms with van der Waals surface area (Å²) in [6.07, 6.45) is 11.4. The van der Waals surface area contributed by atoms with Crippen molar-refractivity contribution >= 4 is 0 Å². The van der Waals surface area contributed by atoms with E-state index in [-0.39, 0.29) is 11.5 Å². The first-order valence-corrected chi connectivity index (χ1v) is 9.03. The highest BCUT2D eigenvalue weighted by molar-refractivity contribution is 5.15. The second-order valence-corrected chi connectivity index (χ2v) is 8.86. The van der Waals surface area contributed by atoms with Crippen molar-refractivity contribution < 1.29 is 10.2 Å². The maximum absolute atomic E-state index is 10.5. The Hall–Kier alpha value is -0.500. The number of fused-ring (bicyclic) bond motifs is 5. The second-order valence-electron chi connectivity index (χ2n) is 8.86. The van der Waals surface area contributed by atoms with E-state index in [4.69, 9.17) is 0 Å². The van der Waals surface area contributed by atoms with Gasteiger partial charge in [-0.1, -0.05) is 13.8 Å². The standard InChI is InChI=1S/C19H30O2/c1-18-9-7-13(20)11-12(18)3-4-14-15-5-6-17(21)19(15,2)10-8-16(14)18/h11-12,14-17,20-21H,3-10H2,1-2H3/t12?,14-,15-,16+,17?,18-,19-/m0/s1. The lowest BCUT2D eigenvalue weighted by atomic mass is 9.46. The summed E-state index contributed by atoms with van der Waals surface area (Å²) in [6.45, 7) is 4.85. The van der Waals surface area contributed by atoms with Crippen LogP contribution in [0, 0.1) is 34.5 Å². The van der Waals surface area contributed by atoms with Gasteiger partial charge in [0.15, 0.2) is 0 Å². The molecule has 0 aromatic rings. The van der Waals surface area contributed by atoms with Crippen LogP contribution in [-0.2, 0) is 0 Å². The highest BCUT2D eigenvalue weighted by Crippen LogP contribution is 2.65. The Labute approximate surface area is 128 Å². The number of hydrogen-bond donors (Lipinski definition) is 2. The van der Waals surface area contributed by atoms with Gasteiger partial charge in [-0.25, -0.2) is 0 Å². The van der Waals surface area contributed by atoms with Crippen molar-refractivity contribution in [3.8, 4) is 0 Å². The van der Waals surface area contributed by atoms with Gasteiger partial charge in [-0.2, -0.15) is 0 Å². The topological polar surface area (TPSA) is 40.5 Å². The van der Waals surface area contributed by atoms with E-state index in [0.717, 1.165) is 37.0 Å². The largest absolute Gasteiger partial charge is 0.513 e. The van der Waals surface area contributed by atoms with Crippen LogP contribution in [-0.4, -0.2) is 16.3 Å². The lowest BCUT2D eigenvalue weighted by Crippen LogP contribution is -2.52. The minimum absolute atomic E-state index is 0.0655. The molecule has 0 bridgehead atoms. The highest BCUT2D eigenvalue weighted by atomic mass is 16.3. The van der Waals surface area contributed by atoms with E-state index in [2.05, 4.69) is 19.9 Å². The molecular weight excluding hydrogens is 260 g/mol. The number of hydrogen-bond acceptors (Lipinski definition) is 2. The first kappa shape index (κ1) is 14.1. The van der Waals surface area contributed by atoms with Crippen LogP contribution in [0.15, 0.2) is 11.8 Å². The third kappa shape index (κ3) is 1.81. The Morgan fingerprint density at radius 1 is 0.952 bits per heavy atom. The molecule has 4 rings (SSSR count). The maximum Gasteiger partial charge on any atom is 0.0886 e. The SMILES string of the molecule is C[C@]12CCC(O)=CC1CC[C@@H]1[C@H]2CC[C@]2(C)C(O)CC[C@@H]12. The normalized spacial score (nSPS) is 56.1. The molecule has 0 heterocycles. The fourth-order valence-electron chi connectivity index (χ4n) is 6.82. The van der Waals surface area contributed by atoms with Crippen molar-refractivity contribution in [3.63, 3.8) is 0 Å². The smallest absolute Gasteiger partial charge is 0.0886 e. The lowest BCUT2D eigenvalue weighted by Gasteiger charge is -2.59. The van der Waals surface area contributed by atoms with Crippen molar-refractivity contribution in [1.82, 2.24) is 0 Å².